The number of rotatable bonds is 6. The summed E-state index contributed by atoms with van der Waals surface area (Å²) in [6.07, 6.45) is 4.82. The predicted molar refractivity (Wildman–Crippen MR) is 77.9 cm³/mol. The first-order valence-electron chi connectivity index (χ1n) is 7.26. The number of benzene rings is 1. The molecule has 1 aliphatic rings. The third kappa shape index (κ3) is 3.31. The van der Waals surface area contributed by atoms with E-state index in [2.05, 4.69) is 19.1 Å². The van der Waals surface area contributed by atoms with E-state index in [1.165, 1.54) is 24.7 Å². The van der Waals surface area contributed by atoms with E-state index in [4.69, 9.17) is 15.2 Å². The summed E-state index contributed by atoms with van der Waals surface area (Å²) in [5.41, 5.74) is 9.61. The maximum absolute atomic E-state index is 11.5. The van der Waals surface area contributed by atoms with E-state index < -0.39 is 6.04 Å². The number of methoxy groups -OCH3 is 1. The van der Waals surface area contributed by atoms with Crippen molar-refractivity contribution in [3.8, 4) is 5.75 Å². The average Bonchev–Trinajstić information content (AvgIpc) is 2.90. The van der Waals surface area contributed by atoms with Gasteiger partial charge in [-0.15, -0.1) is 0 Å². The zero-order valence-corrected chi connectivity index (χ0v) is 12.3. The first kappa shape index (κ1) is 14.9. The molecule has 0 saturated carbocycles. The number of esters is 1. The molecule has 0 radical (unpaired) electrons. The van der Waals surface area contributed by atoms with Crippen molar-refractivity contribution >= 4 is 5.97 Å². The highest BCUT2D eigenvalue weighted by Gasteiger charge is 2.20. The van der Waals surface area contributed by atoms with Crippen LogP contribution in [0.25, 0.3) is 0 Å². The molecule has 0 bridgehead atoms. The van der Waals surface area contributed by atoms with E-state index in [1.54, 1.807) is 0 Å². The Bertz CT molecular complexity index is 485. The lowest BCUT2D eigenvalue weighted by Crippen LogP contribution is -2.33. The Morgan fingerprint density at radius 3 is 2.70 bits per heavy atom. The van der Waals surface area contributed by atoms with Gasteiger partial charge >= 0.3 is 5.97 Å². The molecule has 2 N–H and O–H groups in total. The first-order valence-corrected chi connectivity index (χ1v) is 7.26. The van der Waals surface area contributed by atoms with Gasteiger partial charge in [0.1, 0.15) is 11.8 Å². The minimum atomic E-state index is -0.636. The largest absolute Gasteiger partial charge is 0.493 e. The summed E-state index contributed by atoms with van der Waals surface area (Å²) < 4.78 is 10.5. The molecule has 0 aromatic heterocycles. The van der Waals surface area contributed by atoms with E-state index in [0.29, 0.717) is 13.0 Å². The lowest BCUT2D eigenvalue weighted by Gasteiger charge is -2.16. The first-order chi connectivity index (χ1) is 9.65. The molecule has 1 atom stereocenters. The van der Waals surface area contributed by atoms with Crippen LogP contribution in [0, 0.1) is 0 Å². The molecule has 0 spiro atoms. The number of carbonyl (C=O) groups excluding carboxylic acids is 1. The van der Waals surface area contributed by atoms with Gasteiger partial charge in [-0.05, 0) is 48.4 Å². The Morgan fingerprint density at radius 1 is 1.35 bits per heavy atom. The quantitative estimate of drug-likeness (QED) is 0.808. The molecule has 0 amide bonds. The molecule has 20 heavy (non-hydrogen) atoms. The van der Waals surface area contributed by atoms with Gasteiger partial charge in [-0.25, -0.2) is 0 Å². The van der Waals surface area contributed by atoms with Crippen molar-refractivity contribution in [2.75, 3.05) is 13.7 Å². The second kappa shape index (κ2) is 6.75. The summed E-state index contributed by atoms with van der Waals surface area (Å²) >= 11 is 0. The van der Waals surface area contributed by atoms with Gasteiger partial charge < -0.3 is 15.2 Å². The number of carbonyl (C=O) groups is 1. The summed E-state index contributed by atoms with van der Waals surface area (Å²) in [6, 6.07) is 3.64. The van der Waals surface area contributed by atoms with Gasteiger partial charge in [0.2, 0.25) is 0 Å². The normalized spacial score (nSPS) is 14.8. The molecular formula is C16H23NO3. The molecule has 4 nitrogen and oxygen atoms in total. The molecule has 0 fully saturated rings. The fourth-order valence-corrected chi connectivity index (χ4v) is 2.63. The van der Waals surface area contributed by atoms with Crippen molar-refractivity contribution in [1.29, 1.82) is 0 Å². The number of hydrogen-bond acceptors (Lipinski definition) is 4. The number of nitrogens with two attached hydrogens (primary N) is 1. The molecule has 0 heterocycles. The lowest BCUT2D eigenvalue weighted by atomic mass is 10.00. The highest BCUT2D eigenvalue weighted by molar-refractivity contribution is 5.75. The minimum Gasteiger partial charge on any atom is -0.493 e. The van der Waals surface area contributed by atoms with Crippen molar-refractivity contribution in [2.45, 2.75) is 45.1 Å². The van der Waals surface area contributed by atoms with Crippen molar-refractivity contribution in [3.63, 3.8) is 0 Å². The minimum absolute atomic E-state index is 0.382. The van der Waals surface area contributed by atoms with Gasteiger partial charge in [-0.1, -0.05) is 13.0 Å². The number of ether oxygens (including phenoxy) is 2. The summed E-state index contributed by atoms with van der Waals surface area (Å²) in [4.78, 5) is 11.5. The molecule has 0 aliphatic heterocycles. The van der Waals surface area contributed by atoms with Crippen LogP contribution < -0.4 is 10.5 Å². The van der Waals surface area contributed by atoms with E-state index in [9.17, 15) is 4.79 Å². The van der Waals surface area contributed by atoms with E-state index in [0.717, 1.165) is 30.6 Å². The molecule has 1 aromatic carbocycles. The Kier molecular flexibility index (Phi) is 5.01. The molecule has 4 heteroatoms. The second-order valence-corrected chi connectivity index (χ2v) is 5.26. The monoisotopic (exact) mass is 277 g/mol. The van der Waals surface area contributed by atoms with Crippen LogP contribution >= 0.6 is 0 Å². The summed E-state index contributed by atoms with van der Waals surface area (Å²) in [6.45, 7) is 2.76. The van der Waals surface area contributed by atoms with E-state index in [-0.39, 0.29) is 5.97 Å². The van der Waals surface area contributed by atoms with Crippen molar-refractivity contribution in [2.24, 2.45) is 5.73 Å². The van der Waals surface area contributed by atoms with Crippen LogP contribution in [-0.4, -0.2) is 25.7 Å². The molecule has 0 saturated heterocycles. The second-order valence-electron chi connectivity index (χ2n) is 5.26. The fraction of sp³-hybridized carbons (Fsp3) is 0.562. The van der Waals surface area contributed by atoms with Crippen molar-refractivity contribution in [1.82, 2.24) is 0 Å². The Hall–Kier alpha value is -1.55. The van der Waals surface area contributed by atoms with E-state index >= 15 is 0 Å². The Labute approximate surface area is 120 Å². The topological polar surface area (TPSA) is 61.5 Å². The van der Waals surface area contributed by atoms with Crippen LogP contribution in [0.5, 0.6) is 5.75 Å². The van der Waals surface area contributed by atoms with Gasteiger partial charge in [0.15, 0.2) is 0 Å². The summed E-state index contributed by atoms with van der Waals surface area (Å²) in [7, 11) is 1.36. The molecule has 1 aromatic rings. The molecule has 1 aliphatic carbocycles. The summed E-state index contributed by atoms with van der Waals surface area (Å²) in [5, 5.41) is 0. The van der Waals surface area contributed by atoms with Crippen LogP contribution in [0.15, 0.2) is 12.1 Å². The van der Waals surface area contributed by atoms with Crippen molar-refractivity contribution < 1.29 is 14.3 Å². The SMILES string of the molecule is CCCOc1cc2c(cc1CC(N)C(=O)OC)CCC2. The van der Waals surface area contributed by atoms with Gasteiger partial charge in [-0.3, -0.25) is 4.79 Å². The Balaban J connectivity index is 2.22. The maximum Gasteiger partial charge on any atom is 0.322 e. The molecule has 2 rings (SSSR count). The van der Waals surface area contributed by atoms with Crippen LogP contribution in [-0.2, 0) is 28.8 Å². The molecule has 1 unspecified atom stereocenters. The third-order valence-corrected chi connectivity index (χ3v) is 3.68. The predicted octanol–water partition coefficient (Wildman–Crippen LogP) is 2.01. The third-order valence-electron chi connectivity index (χ3n) is 3.68. The van der Waals surface area contributed by atoms with Crippen LogP contribution in [0.3, 0.4) is 0 Å². The number of aryl methyl sites for hydroxylation is 2. The van der Waals surface area contributed by atoms with Gasteiger partial charge in [0, 0.05) is 6.42 Å². The van der Waals surface area contributed by atoms with Gasteiger partial charge in [-0.2, -0.15) is 0 Å². The highest BCUT2D eigenvalue weighted by atomic mass is 16.5. The lowest BCUT2D eigenvalue weighted by molar-refractivity contribution is -0.142. The maximum atomic E-state index is 11.5. The number of fused-ring (bicyclic) bond motifs is 1. The average molecular weight is 277 g/mol. The highest BCUT2D eigenvalue weighted by Crippen LogP contribution is 2.30. The van der Waals surface area contributed by atoms with Crippen LogP contribution in [0.1, 0.15) is 36.5 Å². The van der Waals surface area contributed by atoms with Crippen LogP contribution in [0.4, 0.5) is 0 Å². The van der Waals surface area contributed by atoms with Gasteiger partial charge in [0.25, 0.3) is 0 Å². The van der Waals surface area contributed by atoms with Crippen LogP contribution in [0.2, 0.25) is 0 Å². The number of hydrogen-bond donors (Lipinski definition) is 1. The summed E-state index contributed by atoms with van der Waals surface area (Å²) in [5.74, 6) is 0.485. The van der Waals surface area contributed by atoms with Crippen molar-refractivity contribution in [3.05, 3.63) is 28.8 Å². The van der Waals surface area contributed by atoms with Gasteiger partial charge in [0.05, 0.1) is 13.7 Å². The van der Waals surface area contributed by atoms with E-state index in [1.807, 2.05) is 0 Å². The molecule has 110 valence electrons. The molecular weight excluding hydrogens is 254 g/mol. The smallest absolute Gasteiger partial charge is 0.322 e. The Morgan fingerprint density at radius 2 is 2.05 bits per heavy atom. The fourth-order valence-electron chi connectivity index (χ4n) is 2.63. The standard InChI is InChI=1S/C16H23NO3/c1-3-7-20-15-10-12-6-4-5-11(12)8-13(15)9-14(17)16(18)19-2/h8,10,14H,3-7,9,17H2,1-2H3. The zero-order chi connectivity index (χ0) is 14.5. The zero-order valence-electron chi connectivity index (χ0n) is 12.3.